The van der Waals surface area contributed by atoms with E-state index in [4.69, 9.17) is 21.6 Å². The normalized spacial score (nSPS) is 9.91. The van der Waals surface area contributed by atoms with Crippen molar-refractivity contribution >= 4 is 23.3 Å². The molecule has 0 aromatic heterocycles. The van der Waals surface area contributed by atoms with Gasteiger partial charge < -0.3 is 9.64 Å². The summed E-state index contributed by atoms with van der Waals surface area (Å²) in [7, 11) is 0. The van der Waals surface area contributed by atoms with Gasteiger partial charge in [-0.25, -0.2) is 4.79 Å². The molecule has 118 valence electrons. The van der Waals surface area contributed by atoms with Crippen LogP contribution in [0, 0.1) is 11.3 Å². The number of nitrogens with zero attached hydrogens (tertiary/aromatic N) is 2. The number of para-hydroxylation sites is 1. The molecule has 0 aliphatic carbocycles. The molecule has 0 unspecified atom stereocenters. The summed E-state index contributed by atoms with van der Waals surface area (Å²) in [6.45, 7) is 1.23. The van der Waals surface area contributed by atoms with Gasteiger partial charge in [-0.05, 0) is 24.3 Å². The van der Waals surface area contributed by atoms with Gasteiger partial charge in [-0.3, -0.25) is 0 Å². The van der Waals surface area contributed by atoms with Crippen molar-refractivity contribution in [2.24, 2.45) is 0 Å². The van der Waals surface area contributed by atoms with Gasteiger partial charge in [-0.2, -0.15) is 5.26 Å². The van der Waals surface area contributed by atoms with Crippen molar-refractivity contribution in [3.63, 3.8) is 0 Å². The molecule has 0 aliphatic heterocycles. The van der Waals surface area contributed by atoms with Crippen molar-refractivity contribution in [1.29, 1.82) is 5.26 Å². The Balaban J connectivity index is 1.95. The Bertz CT molecular complexity index is 683. The Morgan fingerprint density at radius 1 is 1.09 bits per heavy atom. The number of esters is 1. The second kappa shape index (κ2) is 8.82. The van der Waals surface area contributed by atoms with Crippen LogP contribution in [0.2, 0.25) is 5.02 Å². The molecule has 2 aromatic carbocycles. The van der Waals surface area contributed by atoms with Crippen LogP contribution < -0.4 is 4.90 Å². The average molecular weight is 329 g/mol. The molecule has 0 spiro atoms. The number of hydrogen-bond acceptors (Lipinski definition) is 4. The first kappa shape index (κ1) is 16.9. The fourth-order valence-corrected chi connectivity index (χ4v) is 2.41. The van der Waals surface area contributed by atoms with Gasteiger partial charge in [-0.15, -0.1) is 0 Å². The van der Waals surface area contributed by atoms with E-state index in [1.165, 1.54) is 0 Å². The molecule has 0 atom stereocenters. The maximum Gasteiger partial charge on any atom is 0.338 e. The highest BCUT2D eigenvalue weighted by atomic mass is 35.5. The minimum atomic E-state index is -0.356. The maximum atomic E-state index is 11.9. The van der Waals surface area contributed by atoms with E-state index in [9.17, 15) is 4.79 Å². The number of carbonyl (C=O) groups excluding carboxylic acids is 1. The molecule has 5 heteroatoms. The van der Waals surface area contributed by atoms with E-state index in [-0.39, 0.29) is 12.6 Å². The molecule has 0 saturated carbocycles. The van der Waals surface area contributed by atoms with Crippen molar-refractivity contribution < 1.29 is 9.53 Å². The van der Waals surface area contributed by atoms with E-state index >= 15 is 0 Å². The van der Waals surface area contributed by atoms with Gasteiger partial charge in [0.1, 0.15) is 6.61 Å². The highest BCUT2D eigenvalue weighted by Crippen LogP contribution is 2.25. The number of carbonyl (C=O) groups is 1. The maximum absolute atomic E-state index is 11.9. The first-order chi connectivity index (χ1) is 11.2. The topological polar surface area (TPSA) is 53.3 Å². The van der Waals surface area contributed by atoms with Crippen LogP contribution in [0.1, 0.15) is 16.8 Å². The minimum absolute atomic E-state index is 0.227. The molecule has 0 amide bonds. The Morgan fingerprint density at radius 3 is 2.48 bits per heavy atom. The van der Waals surface area contributed by atoms with Crippen molar-refractivity contribution in [3.05, 3.63) is 65.2 Å². The molecule has 0 N–H and O–H groups in total. The van der Waals surface area contributed by atoms with Crippen LogP contribution in [-0.4, -0.2) is 25.7 Å². The fraction of sp³-hybridized carbons (Fsp3) is 0.222. The summed E-state index contributed by atoms with van der Waals surface area (Å²) in [6, 6.07) is 18.4. The van der Waals surface area contributed by atoms with Gasteiger partial charge in [0.05, 0.1) is 35.3 Å². The zero-order valence-electron chi connectivity index (χ0n) is 12.6. The van der Waals surface area contributed by atoms with Crippen LogP contribution in [0.4, 0.5) is 5.69 Å². The highest BCUT2D eigenvalue weighted by Gasteiger charge is 2.11. The van der Waals surface area contributed by atoms with Crippen LogP contribution in [0.5, 0.6) is 0 Å². The SMILES string of the molecule is N#CCCN(CCOC(=O)c1ccccc1)c1ccccc1Cl. The number of ether oxygens (including phenoxy) is 1. The van der Waals surface area contributed by atoms with Gasteiger partial charge >= 0.3 is 5.97 Å². The molecule has 0 aliphatic rings. The summed E-state index contributed by atoms with van der Waals surface area (Å²) in [6.07, 6.45) is 0.373. The molecule has 23 heavy (non-hydrogen) atoms. The van der Waals surface area contributed by atoms with Crippen molar-refractivity contribution in [3.8, 4) is 6.07 Å². The Kier molecular flexibility index (Phi) is 6.46. The highest BCUT2D eigenvalue weighted by molar-refractivity contribution is 6.33. The fourth-order valence-electron chi connectivity index (χ4n) is 2.15. The van der Waals surface area contributed by atoms with E-state index in [2.05, 4.69) is 6.07 Å². The Hall–Kier alpha value is -2.51. The number of rotatable bonds is 7. The molecule has 2 aromatic rings. The van der Waals surface area contributed by atoms with Gasteiger partial charge in [0, 0.05) is 6.54 Å². The van der Waals surface area contributed by atoms with Crippen molar-refractivity contribution in [2.75, 3.05) is 24.6 Å². The predicted molar refractivity (Wildman–Crippen MR) is 90.6 cm³/mol. The monoisotopic (exact) mass is 328 g/mol. The minimum Gasteiger partial charge on any atom is -0.460 e. The van der Waals surface area contributed by atoms with Gasteiger partial charge in [-0.1, -0.05) is 41.9 Å². The van der Waals surface area contributed by atoms with Crippen LogP contribution >= 0.6 is 11.6 Å². The smallest absolute Gasteiger partial charge is 0.338 e. The quantitative estimate of drug-likeness (QED) is 0.723. The molecule has 0 radical (unpaired) electrons. The lowest BCUT2D eigenvalue weighted by atomic mass is 10.2. The number of nitriles is 1. The summed E-state index contributed by atoms with van der Waals surface area (Å²) < 4.78 is 5.29. The number of halogens is 1. The van der Waals surface area contributed by atoms with Gasteiger partial charge in [0.2, 0.25) is 0 Å². The van der Waals surface area contributed by atoms with Crippen LogP contribution in [0.15, 0.2) is 54.6 Å². The van der Waals surface area contributed by atoms with Gasteiger partial charge in [0.25, 0.3) is 0 Å². The largest absolute Gasteiger partial charge is 0.460 e. The average Bonchev–Trinajstić information content (AvgIpc) is 2.59. The third-order valence-corrected chi connectivity index (χ3v) is 3.61. The summed E-state index contributed by atoms with van der Waals surface area (Å²) in [5, 5.41) is 9.41. The van der Waals surface area contributed by atoms with E-state index in [1.54, 1.807) is 30.3 Å². The molecular formula is C18H17ClN2O2. The molecule has 0 fully saturated rings. The summed E-state index contributed by atoms with van der Waals surface area (Å²) in [5.74, 6) is -0.356. The second-order valence-electron chi connectivity index (χ2n) is 4.85. The van der Waals surface area contributed by atoms with Crippen molar-refractivity contribution in [1.82, 2.24) is 0 Å². The molecule has 0 bridgehead atoms. The summed E-state index contributed by atoms with van der Waals surface area (Å²) in [5.41, 5.74) is 1.36. The number of hydrogen-bond donors (Lipinski definition) is 0. The Morgan fingerprint density at radius 2 is 1.78 bits per heavy atom. The molecule has 4 nitrogen and oxygen atoms in total. The first-order valence-corrected chi connectivity index (χ1v) is 7.69. The lowest BCUT2D eigenvalue weighted by molar-refractivity contribution is 0.0515. The van der Waals surface area contributed by atoms with E-state index in [0.29, 0.717) is 30.1 Å². The molecule has 2 rings (SSSR count). The lowest BCUT2D eigenvalue weighted by Gasteiger charge is -2.24. The summed E-state index contributed by atoms with van der Waals surface area (Å²) in [4.78, 5) is 13.9. The van der Waals surface area contributed by atoms with Crippen LogP contribution in [-0.2, 0) is 4.74 Å². The third-order valence-electron chi connectivity index (χ3n) is 3.29. The predicted octanol–water partition coefficient (Wildman–Crippen LogP) is 3.92. The zero-order chi connectivity index (χ0) is 16.5. The molecule has 0 saturated heterocycles. The Labute approximate surface area is 140 Å². The van der Waals surface area contributed by atoms with E-state index in [1.807, 2.05) is 29.2 Å². The van der Waals surface area contributed by atoms with Crippen molar-refractivity contribution in [2.45, 2.75) is 6.42 Å². The molecule has 0 heterocycles. The third kappa shape index (κ3) is 5.01. The number of anilines is 1. The van der Waals surface area contributed by atoms with Crippen LogP contribution in [0.3, 0.4) is 0 Å². The van der Waals surface area contributed by atoms with E-state index < -0.39 is 0 Å². The summed E-state index contributed by atoms with van der Waals surface area (Å²) >= 11 is 6.20. The second-order valence-corrected chi connectivity index (χ2v) is 5.26. The lowest BCUT2D eigenvalue weighted by Crippen LogP contribution is -2.29. The van der Waals surface area contributed by atoms with E-state index in [0.717, 1.165) is 5.69 Å². The van der Waals surface area contributed by atoms with Gasteiger partial charge in [0.15, 0.2) is 0 Å². The molecular weight excluding hydrogens is 312 g/mol. The zero-order valence-corrected chi connectivity index (χ0v) is 13.4. The number of benzene rings is 2. The first-order valence-electron chi connectivity index (χ1n) is 7.31. The van der Waals surface area contributed by atoms with Crippen LogP contribution in [0.25, 0.3) is 0 Å². The standard InChI is InChI=1S/C18H17ClN2O2/c19-16-9-4-5-10-17(16)21(12-6-11-20)13-14-23-18(22)15-7-2-1-3-8-15/h1-5,7-10H,6,12-14H2.